The minimum absolute atomic E-state index is 0.0679. The summed E-state index contributed by atoms with van der Waals surface area (Å²) in [5, 5.41) is 15.1. The lowest BCUT2D eigenvalue weighted by molar-refractivity contribution is -0.137. The molecule has 3 amide bonds. The van der Waals surface area contributed by atoms with Crippen molar-refractivity contribution >= 4 is 18.1 Å². The molecule has 3 N–H and O–H groups in total. The molecule has 12 heteroatoms. The summed E-state index contributed by atoms with van der Waals surface area (Å²) in [7, 11) is 3.19. The molecule has 0 aromatic heterocycles. The van der Waals surface area contributed by atoms with Gasteiger partial charge in [0.1, 0.15) is 18.1 Å². The first-order valence-electron chi connectivity index (χ1n) is 15.1. The van der Waals surface area contributed by atoms with E-state index in [2.05, 4.69) is 10.6 Å². The predicted molar refractivity (Wildman–Crippen MR) is 169 cm³/mol. The van der Waals surface area contributed by atoms with Crippen LogP contribution in [0.4, 0.5) is 9.59 Å². The fourth-order valence-electron chi connectivity index (χ4n) is 4.94. The molecule has 0 saturated carbocycles. The summed E-state index contributed by atoms with van der Waals surface area (Å²) in [5.74, 6) is 1.38. The van der Waals surface area contributed by atoms with E-state index in [0.29, 0.717) is 35.0 Å². The van der Waals surface area contributed by atoms with Crippen LogP contribution in [-0.2, 0) is 22.6 Å². The maximum atomic E-state index is 13.5. The second kappa shape index (κ2) is 16.8. The van der Waals surface area contributed by atoms with E-state index in [1.807, 2.05) is 55.5 Å². The standard InChI is InChI=1S/C34H41N3O9/c1-4-5-6-26(35-33(40)36-29(18-32(38)39)25-11-16-30-31(17-25)46-22-45-30)21-44-34(41)37(19-23-7-12-27(42-2)13-8-23)20-24-9-14-28(43-3)15-10-24/h7-17,26,29H,4-6,18-22H2,1-3H3,(H,38,39)(H2,35,36,40)/t26-,29?/m0/s1. The number of benzene rings is 3. The highest BCUT2D eigenvalue weighted by Crippen LogP contribution is 2.34. The zero-order valence-corrected chi connectivity index (χ0v) is 26.3. The highest BCUT2D eigenvalue weighted by molar-refractivity contribution is 5.76. The molecular weight excluding hydrogens is 594 g/mol. The number of nitrogens with one attached hydrogen (secondary N) is 2. The summed E-state index contributed by atoms with van der Waals surface area (Å²) >= 11 is 0. The van der Waals surface area contributed by atoms with Crippen molar-refractivity contribution in [3.8, 4) is 23.0 Å². The van der Waals surface area contributed by atoms with Gasteiger partial charge in [0, 0.05) is 13.1 Å². The quantitative estimate of drug-likeness (QED) is 0.182. The van der Waals surface area contributed by atoms with Crippen molar-refractivity contribution in [3.63, 3.8) is 0 Å². The molecule has 0 saturated heterocycles. The van der Waals surface area contributed by atoms with Crippen molar-refractivity contribution in [2.75, 3.05) is 27.6 Å². The number of carbonyl (C=O) groups excluding carboxylic acids is 2. The fraction of sp³-hybridized carbons (Fsp3) is 0.382. The number of ether oxygens (including phenoxy) is 5. The average molecular weight is 636 g/mol. The van der Waals surface area contributed by atoms with E-state index in [-0.39, 0.29) is 32.9 Å². The van der Waals surface area contributed by atoms with Crippen LogP contribution in [0.25, 0.3) is 0 Å². The molecule has 0 radical (unpaired) electrons. The number of hydrogen-bond acceptors (Lipinski definition) is 8. The molecular formula is C34H41N3O9. The highest BCUT2D eigenvalue weighted by atomic mass is 16.7. The Hall–Kier alpha value is -5.13. The van der Waals surface area contributed by atoms with Crippen molar-refractivity contribution < 1.29 is 43.2 Å². The number of aliphatic carboxylic acids is 1. The summed E-state index contributed by atoms with van der Waals surface area (Å²) in [6.45, 7) is 2.61. The lowest BCUT2D eigenvalue weighted by Gasteiger charge is -2.26. The van der Waals surface area contributed by atoms with Gasteiger partial charge in [-0.3, -0.25) is 9.69 Å². The van der Waals surface area contributed by atoms with Gasteiger partial charge in [0.2, 0.25) is 6.79 Å². The number of fused-ring (bicyclic) bond motifs is 1. The van der Waals surface area contributed by atoms with Crippen LogP contribution in [0.2, 0.25) is 0 Å². The molecule has 12 nitrogen and oxygen atoms in total. The molecule has 1 unspecified atom stereocenters. The third kappa shape index (κ3) is 9.94. The van der Waals surface area contributed by atoms with E-state index in [9.17, 15) is 19.5 Å². The Morgan fingerprint density at radius 1 is 0.870 bits per heavy atom. The Balaban J connectivity index is 1.42. The average Bonchev–Trinajstić information content (AvgIpc) is 3.54. The number of carboxylic acid groups (broad SMARTS) is 1. The van der Waals surface area contributed by atoms with Gasteiger partial charge in [0.15, 0.2) is 11.5 Å². The molecule has 46 heavy (non-hydrogen) atoms. The molecule has 0 bridgehead atoms. The van der Waals surface area contributed by atoms with Gasteiger partial charge in [-0.15, -0.1) is 0 Å². The third-order valence-corrected chi connectivity index (χ3v) is 7.46. The van der Waals surface area contributed by atoms with Gasteiger partial charge in [-0.2, -0.15) is 0 Å². The molecule has 2 atom stereocenters. The van der Waals surface area contributed by atoms with Crippen molar-refractivity contribution in [1.29, 1.82) is 0 Å². The largest absolute Gasteiger partial charge is 0.497 e. The van der Waals surface area contributed by atoms with Crippen LogP contribution < -0.4 is 29.6 Å². The van der Waals surface area contributed by atoms with Gasteiger partial charge in [0.25, 0.3) is 0 Å². The molecule has 4 rings (SSSR count). The van der Waals surface area contributed by atoms with E-state index in [0.717, 1.165) is 24.0 Å². The van der Waals surface area contributed by atoms with E-state index in [1.54, 1.807) is 37.3 Å². The summed E-state index contributed by atoms with van der Waals surface area (Å²) in [6, 6.07) is 18.0. The Bertz CT molecular complexity index is 1400. The molecule has 1 aliphatic rings. The Labute approximate surface area is 268 Å². The Morgan fingerprint density at radius 2 is 1.48 bits per heavy atom. The number of unbranched alkanes of at least 4 members (excludes halogenated alkanes) is 1. The molecule has 1 aliphatic heterocycles. The van der Waals surface area contributed by atoms with Crippen LogP contribution in [0.1, 0.15) is 55.3 Å². The third-order valence-electron chi connectivity index (χ3n) is 7.46. The van der Waals surface area contributed by atoms with Crippen LogP contribution in [0.3, 0.4) is 0 Å². The van der Waals surface area contributed by atoms with Crippen LogP contribution in [0.15, 0.2) is 66.7 Å². The first-order valence-corrected chi connectivity index (χ1v) is 15.1. The van der Waals surface area contributed by atoms with Gasteiger partial charge in [-0.25, -0.2) is 9.59 Å². The van der Waals surface area contributed by atoms with Crippen molar-refractivity contribution in [1.82, 2.24) is 15.5 Å². The maximum Gasteiger partial charge on any atom is 0.410 e. The second-order valence-electron chi connectivity index (χ2n) is 10.8. The van der Waals surface area contributed by atoms with Crippen LogP contribution in [0, 0.1) is 0 Å². The number of amides is 3. The second-order valence-corrected chi connectivity index (χ2v) is 10.8. The number of urea groups is 1. The van der Waals surface area contributed by atoms with Crippen molar-refractivity contribution in [2.45, 2.75) is 57.8 Å². The lowest BCUT2D eigenvalue weighted by Crippen LogP contribution is -2.46. The van der Waals surface area contributed by atoms with E-state index < -0.39 is 30.2 Å². The molecule has 1 heterocycles. The minimum atomic E-state index is -1.08. The van der Waals surface area contributed by atoms with E-state index in [4.69, 9.17) is 23.7 Å². The molecule has 0 spiro atoms. The SMILES string of the molecule is CCCC[C@@H](COC(=O)N(Cc1ccc(OC)cc1)Cc1ccc(OC)cc1)NC(=O)NC(CC(=O)O)c1ccc2c(c1)OCO2. The monoisotopic (exact) mass is 635 g/mol. The molecule has 0 fully saturated rings. The number of carbonyl (C=O) groups is 3. The smallest absolute Gasteiger partial charge is 0.410 e. The summed E-state index contributed by atoms with van der Waals surface area (Å²) in [5.41, 5.74) is 2.34. The van der Waals surface area contributed by atoms with E-state index >= 15 is 0 Å². The normalized spacial score (nSPS) is 12.8. The number of carboxylic acids is 1. The van der Waals surface area contributed by atoms with Gasteiger partial charge in [0.05, 0.1) is 32.7 Å². The van der Waals surface area contributed by atoms with Crippen LogP contribution in [0.5, 0.6) is 23.0 Å². The fourth-order valence-corrected chi connectivity index (χ4v) is 4.94. The van der Waals surface area contributed by atoms with Crippen molar-refractivity contribution in [3.05, 3.63) is 83.4 Å². The van der Waals surface area contributed by atoms with E-state index in [1.165, 1.54) is 0 Å². The van der Waals surface area contributed by atoms with Crippen LogP contribution in [-0.4, -0.2) is 61.8 Å². The number of methoxy groups -OCH3 is 2. The summed E-state index contributed by atoms with van der Waals surface area (Å²) in [6.07, 6.45) is 1.33. The zero-order valence-electron chi connectivity index (χ0n) is 26.3. The summed E-state index contributed by atoms with van der Waals surface area (Å²) < 4.78 is 27.0. The van der Waals surface area contributed by atoms with Gasteiger partial charge < -0.3 is 39.4 Å². The number of hydrogen-bond donors (Lipinski definition) is 3. The zero-order chi connectivity index (χ0) is 32.9. The first-order chi connectivity index (χ1) is 22.3. The van der Waals surface area contributed by atoms with Crippen molar-refractivity contribution in [2.24, 2.45) is 0 Å². The van der Waals surface area contributed by atoms with Gasteiger partial charge in [-0.1, -0.05) is 50.1 Å². The minimum Gasteiger partial charge on any atom is -0.497 e. The lowest BCUT2D eigenvalue weighted by atomic mass is 10.0. The molecule has 3 aromatic rings. The predicted octanol–water partition coefficient (Wildman–Crippen LogP) is 5.65. The van der Waals surface area contributed by atoms with Gasteiger partial charge >= 0.3 is 18.1 Å². The molecule has 0 aliphatic carbocycles. The van der Waals surface area contributed by atoms with Crippen LogP contribution >= 0.6 is 0 Å². The number of rotatable bonds is 16. The molecule has 3 aromatic carbocycles. The highest BCUT2D eigenvalue weighted by Gasteiger charge is 2.24. The Morgan fingerprint density at radius 3 is 2.04 bits per heavy atom. The Kier molecular flexibility index (Phi) is 12.3. The summed E-state index contributed by atoms with van der Waals surface area (Å²) in [4.78, 5) is 39.8. The number of nitrogens with zero attached hydrogens (tertiary/aromatic N) is 1. The topological polar surface area (TPSA) is 145 Å². The molecule has 246 valence electrons. The maximum absolute atomic E-state index is 13.5. The van der Waals surface area contributed by atoms with Gasteiger partial charge in [-0.05, 0) is 59.5 Å². The first kappa shape index (κ1) is 33.8.